The maximum atomic E-state index is 12.7. The normalized spacial score (nSPS) is 12.3. The number of anilines is 1. The SMILES string of the molecule is CC(C)CN(C(C)C)S(=O)(=O)c1ccc(N)cc1[N+](=O)[O-]. The molecule has 0 spiro atoms. The summed E-state index contributed by atoms with van der Waals surface area (Å²) in [6.07, 6.45) is 0. The summed E-state index contributed by atoms with van der Waals surface area (Å²) in [5, 5.41) is 11.1. The fraction of sp³-hybridized carbons (Fsp3) is 0.538. The Bertz CT molecular complexity index is 626. The van der Waals surface area contributed by atoms with Gasteiger partial charge in [-0.1, -0.05) is 13.8 Å². The highest BCUT2D eigenvalue weighted by Crippen LogP contribution is 2.30. The van der Waals surface area contributed by atoms with Gasteiger partial charge in [0, 0.05) is 24.3 Å². The van der Waals surface area contributed by atoms with Crippen molar-refractivity contribution in [2.45, 2.75) is 38.6 Å². The Labute approximate surface area is 124 Å². The molecule has 0 amide bonds. The molecule has 118 valence electrons. The Morgan fingerprint density at radius 2 is 1.86 bits per heavy atom. The number of nitro benzene ring substituents is 1. The molecule has 8 heteroatoms. The average Bonchev–Trinajstić information content (AvgIpc) is 2.34. The van der Waals surface area contributed by atoms with E-state index in [1.54, 1.807) is 13.8 Å². The van der Waals surface area contributed by atoms with Gasteiger partial charge in [-0.2, -0.15) is 4.31 Å². The van der Waals surface area contributed by atoms with Crippen LogP contribution in [-0.2, 0) is 10.0 Å². The summed E-state index contributed by atoms with van der Waals surface area (Å²) in [6, 6.07) is 3.32. The lowest BCUT2D eigenvalue weighted by Crippen LogP contribution is -2.39. The molecule has 0 saturated heterocycles. The molecule has 0 heterocycles. The number of nitrogens with two attached hydrogens (primary N) is 1. The zero-order valence-corrected chi connectivity index (χ0v) is 13.4. The van der Waals surface area contributed by atoms with Gasteiger partial charge in [0.05, 0.1) is 4.92 Å². The molecule has 0 aliphatic heterocycles. The number of benzene rings is 1. The van der Waals surface area contributed by atoms with Gasteiger partial charge >= 0.3 is 0 Å². The monoisotopic (exact) mass is 315 g/mol. The van der Waals surface area contributed by atoms with Crippen LogP contribution in [0.5, 0.6) is 0 Å². The van der Waals surface area contributed by atoms with Crippen molar-refractivity contribution in [1.29, 1.82) is 0 Å². The second kappa shape index (κ2) is 6.40. The van der Waals surface area contributed by atoms with Crippen molar-refractivity contribution in [2.75, 3.05) is 12.3 Å². The first kappa shape index (κ1) is 17.4. The molecule has 0 aliphatic carbocycles. The molecule has 0 saturated carbocycles. The molecule has 21 heavy (non-hydrogen) atoms. The summed E-state index contributed by atoms with van der Waals surface area (Å²) >= 11 is 0. The molecular formula is C13H21N3O4S. The number of sulfonamides is 1. The van der Waals surface area contributed by atoms with Crippen molar-refractivity contribution in [2.24, 2.45) is 5.92 Å². The maximum Gasteiger partial charge on any atom is 0.291 e. The van der Waals surface area contributed by atoms with Crippen molar-refractivity contribution in [3.63, 3.8) is 0 Å². The van der Waals surface area contributed by atoms with Crippen molar-refractivity contribution in [1.82, 2.24) is 4.31 Å². The maximum absolute atomic E-state index is 12.7. The van der Waals surface area contributed by atoms with E-state index < -0.39 is 20.6 Å². The van der Waals surface area contributed by atoms with Gasteiger partial charge in [0.1, 0.15) is 0 Å². The Balaban J connectivity index is 3.45. The lowest BCUT2D eigenvalue weighted by atomic mass is 10.2. The molecule has 0 radical (unpaired) electrons. The first-order valence-corrected chi connectivity index (χ1v) is 8.07. The highest BCUT2D eigenvalue weighted by atomic mass is 32.2. The fourth-order valence-corrected chi connectivity index (χ4v) is 3.91. The minimum Gasteiger partial charge on any atom is -0.399 e. The van der Waals surface area contributed by atoms with Crippen LogP contribution in [0.3, 0.4) is 0 Å². The number of nitrogens with zero attached hydrogens (tertiary/aromatic N) is 2. The summed E-state index contributed by atoms with van der Waals surface area (Å²) in [5.74, 6) is 0.106. The van der Waals surface area contributed by atoms with E-state index >= 15 is 0 Å². The third-order valence-electron chi connectivity index (χ3n) is 2.89. The summed E-state index contributed by atoms with van der Waals surface area (Å²) in [5.41, 5.74) is 5.17. The van der Waals surface area contributed by atoms with Gasteiger partial charge < -0.3 is 5.73 Å². The largest absolute Gasteiger partial charge is 0.399 e. The van der Waals surface area contributed by atoms with Crippen molar-refractivity contribution in [3.05, 3.63) is 28.3 Å². The van der Waals surface area contributed by atoms with Crippen LogP contribution in [0.15, 0.2) is 23.1 Å². The number of nitro groups is 1. The molecule has 0 fully saturated rings. The standard InChI is InChI=1S/C13H21N3O4S/c1-9(2)8-15(10(3)4)21(19,20)13-6-5-11(14)7-12(13)16(17)18/h5-7,9-10H,8,14H2,1-4H3. The Kier molecular flexibility index (Phi) is 5.30. The van der Waals surface area contributed by atoms with E-state index in [0.29, 0.717) is 6.54 Å². The summed E-state index contributed by atoms with van der Waals surface area (Å²) in [7, 11) is -3.95. The molecule has 7 nitrogen and oxygen atoms in total. The topological polar surface area (TPSA) is 107 Å². The molecule has 1 aromatic carbocycles. The smallest absolute Gasteiger partial charge is 0.291 e. The van der Waals surface area contributed by atoms with Gasteiger partial charge in [0.25, 0.3) is 5.69 Å². The van der Waals surface area contributed by atoms with Crippen LogP contribution in [0, 0.1) is 16.0 Å². The van der Waals surface area contributed by atoms with Crippen LogP contribution in [0.4, 0.5) is 11.4 Å². The Hall–Kier alpha value is -1.67. The molecule has 0 aliphatic rings. The number of rotatable bonds is 6. The number of nitrogen functional groups attached to an aromatic ring is 1. The molecule has 0 unspecified atom stereocenters. The first-order valence-electron chi connectivity index (χ1n) is 6.63. The van der Waals surface area contributed by atoms with Gasteiger partial charge in [0.2, 0.25) is 10.0 Å². The van der Waals surface area contributed by atoms with E-state index in [2.05, 4.69) is 0 Å². The van der Waals surface area contributed by atoms with Crippen LogP contribution in [0.2, 0.25) is 0 Å². The van der Waals surface area contributed by atoms with Crippen LogP contribution in [0.25, 0.3) is 0 Å². The fourth-order valence-electron chi connectivity index (χ4n) is 1.97. The number of hydrogen-bond donors (Lipinski definition) is 1. The molecule has 0 atom stereocenters. The summed E-state index contributed by atoms with van der Waals surface area (Å²) < 4.78 is 26.7. The summed E-state index contributed by atoms with van der Waals surface area (Å²) in [4.78, 5) is 10.1. The first-order chi connectivity index (χ1) is 9.57. The van der Waals surface area contributed by atoms with Crippen molar-refractivity contribution in [3.8, 4) is 0 Å². The highest BCUT2D eigenvalue weighted by molar-refractivity contribution is 7.89. The zero-order chi connectivity index (χ0) is 16.4. The van der Waals surface area contributed by atoms with Crippen LogP contribution in [0.1, 0.15) is 27.7 Å². The van der Waals surface area contributed by atoms with Gasteiger partial charge in [-0.15, -0.1) is 0 Å². The second-order valence-corrected chi connectivity index (χ2v) is 7.41. The van der Waals surface area contributed by atoms with E-state index in [9.17, 15) is 18.5 Å². The molecule has 2 N–H and O–H groups in total. The minimum absolute atomic E-state index is 0.106. The van der Waals surface area contributed by atoms with Gasteiger partial charge in [0.15, 0.2) is 4.90 Å². The van der Waals surface area contributed by atoms with Crippen molar-refractivity contribution < 1.29 is 13.3 Å². The highest BCUT2D eigenvalue weighted by Gasteiger charge is 2.33. The molecule has 1 aromatic rings. The van der Waals surface area contributed by atoms with E-state index in [1.807, 2.05) is 13.8 Å². The Morgan fingerprint density at radius 3 is 2.29 bits per heavy atom. The van der Waals surface area contributed by atoms with E-state index in [0.717, 1.165) is 6.07 Å². The van der Waals surface area contributed by atoms with E-state index in [4.69, 9.17) is 5.73 Å². The van der Waals surface area contributed by atoms with Gasteiger partial charge in [-0.05, 0) is 31.9 Å². The third kappa shape index (κ3) is 3.92. The second-order valence-electron chi connectivity index (χ2n) is 5.55. The van der Waals surface area contributed by atoms with Crippen LogP contribution < -0.4 is 5.73 Å². The van der Waals surface area contributed by atoms with Crippen molar-refractivity contribution >= 4 is 21.4 Å². The van der Waals surface area contributed by atoms with E-state index in [1.165, 1.54) is 16.4 Å². The third-order valence-corrected chi connectivity index (χ3v) is 4.98. The van der Waals surface area contributed by atoms with Gasteiger partial charge in [-0.25, -0.2) is 8.42 Å². The predicted octanol–water partition coefficient (Wildman–Crippen LogP) is 2.23. The lowest BCUT2D eigenvalue weighted by molar-refractivity contribution is -0.387. The lowest BCUT2D eigenvalue weighted by Gasteiger charge is -2.27. The number of hydrogen-bond acceptors (Lipinski definition) is 5. The minimum atomic E-state index is -3.95. The molecule has 1 rings (SSSR count). The van der Waals surface area contributed by atoms with E-state index in [-0.39, 0.29) is 22.5 Å². The zero-order valence-electron chi connectivity index (χ0n) is 12.6. The van der Waals surface area contributed by atoms with Crippen LogP contribution in [-0.4, -0.2) is 30.2 Å². The average molecular weight is 315 g/mol. The molecule has 0 aromatic heterocycles. The Morgan fingerprint density at radius 1 is 1.29 bits per heavy atom. The summed E-state index contributed by atoms with van der Waals surface area (Å²) in [6.45, 7) is 7.55. The predicted molar refractivity (Wildman–Crippen MR) is 81.4 cm³/mol. The molecular weight excluding hydrogens is 294 g/mol. The quantitative estimate of drug-likeness (QED) is 0.492. The van der Waals surface area contributed by atoms with Crippen LogP contribution >= 0.6 is 0 Å². The van der Waals surface area contributed by atoms with Gasteiger partial charge in [-0.3, -0.25) is 10.1 Å². The molecule has 0 bridgehead atoms.